The summed E-state index contributed by atoms with van der Waals surface area (Å²) in [5.74, 6) is 1.42. The van der Waals surface area contributed by atoms with E-state index < -0.39 is 10.0 Å². The molecule has 0 fully saturated rings. The topological polar surface area (TPSA) is 60.2 Å². The molecule has 0 heterocycles. The molecule has 18 heavy (non-hydrogen) atoms. The third-order valence-electron chi connectivity index (χ3n) is 3.76. The van der Waals surface area contributed by atoms with Gasteiger partial charge in [0.2, 0.25) is 10.0 Å². The molecule has 0 amide bonds. The monoisotopic (exact) mass is 269 g/mol. The summed E-state index contributed by atoms with van der Waals surface area (Å²) in [6.07, 6.45) is 3.31. The number of benzene rings is 1. The van der Waals surface area contributed by atoms with E-state index in [0.717, 1.165) is 24.3 Å². The van der Waals surface area contributed by atoms with Crippen LogP contribution in [-0.4, -0.2) is 8.42 Å². The summed E-state index contributed by atoms with van der Waals surface area (Å²) in [6.45, 7) is 6.75. The predicted octanol–water partition coefficient (Wildman–Crippen LogP) is 2.95. The molecule has 0 bridgehead atoms. The minimum Gasteiger partial charge on any atom is -0.225 e. The van der Waals surface area contributed by atoms with Gasteiger partial charge in [0.25, 0.3) is 0 Å². The number of hydrogen-bond donors (Lipinski definition) is 1. The van der Waals surface area contributed by atoms with Crippen LogP contribution in [0.5, 0.6) is 0 Å². The lowest BCUT2D eigenvalue weighted by Crippen LogP contribution is -2.12. The van der Waals surface area contributed by atoms with Crippen molar-refractivity contribution in [2.24, 2.45) is 17.0 Å². The first-order chi connectivity index (χ1) is 8.34. The smallest absolute Gasteiger partial charge is 0.225 e. The molecular formula is C14H23NO2S. The predicted molar refractivity (Wildman–Crippen MR) is 74.8 cm³/mol. The van der Waals surface area contributed by atoms with Crippen LogP contribution in [0.4, 0.5) is 0 Å². The Hall–Kier alpha value is -0.870. The SMILES string of the molecule is CCC(C)C(C)CCc1ccc(S(N)(=O)=O)cc1. The Labute approximate surface area is 110 Å². The molecule has 1 rings (SSSR count). The number of sulfonamides is 1. The van der Waals surface area contributed by atoms with Gasteiger partial charge in [-0.3, -0.25) is 0 Å². The number of rotatable bonds is 6. The summed E-state index contributed by atoms with van der Waals surface area (Å²) in [6, 6.07) is 6.86. The van der Waals surface area contributed by atoms with Crippen molar-refractivity contribution in [3.05, 3.63) is 29.8 Å². The summed E-state index contributed by atoms with van der Waals surface area (Å²) < 4.78 is 22.2. The zero-order valence-corrected chi connectivity index (χ0v) is 12.2. The van der Waals surface area contributed by atoms with Crippen molar-refractivity contribution in [1.82, 2.24) is 0 Å². The zero-order chi connectivity index (χ0) is 13.8. The normalized spacial score (nSPS) is 15.3. The molecule has 0 aromatic heterocycles. The Morgan fingerprint density at radius 3 is 2.11 bits per heavy atom. The Balaban J connectivity index is 2.60. The van der Waals surface area contributed by atoms with Crippen molar-refractivity contribution in [2.75, 3.05) is 0 Å². The van der Waals surface area contributed by atoms with Crippen LogP contribution in [0.2, 0.25) is 0 Å². The third kappa shape index (κ3) is 4.42. The van der Waals surface area contributed by atoms with Crippen LogP contribution < -0.4 is 5.14 Å². The first-order valence-electron chi connectivity index (χ1n) is 6.46. The van der Waals surface area contributed by atoms with E-state index in [9.17, 15) is 8.42 Å². The Morgan fingerprint density at radius 2 is 1.67 bits per heavy atom. The van der Waals surface area contributed by atoms with E-state index in [1.165, 1.54) is 6.42 Å². The maximum atomic E-state index is 11.1. The van der Waals surface area contributed by atoms with Crippen molar-refractivity contribution < 1.29 is 8.42 Å². The van der Waals surface area contributed by atoms with Crippen molar-refractivity contribution in [3.63, 3.8) is 0 Å². The van der Waals surface area contributed by atoms with Crippen LogP contribution in [0.3, 0.4) is 0 Å². The van der Waals surface area contributed by atoms with Crippen molar-refractivity contribution in [1.29, 1.82) is 0 Å². The fraction of sp³-hybridized carbons (Fsp3) is 0.571. The van der Waals surface area contributed by atoms with Crippen LogP contribution in [0.15, 0.2) is 29.2 Å². The van der Waals surface area contributed by atoms with Crippen LogP contribution in [0.25, 0.3) is 0 Å². The number of aryl methyl sites for hydroxylation is 1. The summed E-state index contributed by atoms with van der Waals surface area (Å²) in [5, 5.41) is 5.06. The van der Waals surface area contributed by atoms with Gasteiger partial charge in [0.15, 0.2) is 0 Å². The molecule has 0 aliphatic carbocycles. The Kier molecular flexibility index (Phi) is 5.35. The first-order valence-corrected chi connectivity index (χ1v) is 8.01. The summed E-state index contributed by atoms with van der Waals surface area (Å²) in [7, 11) is -3.57. The minimum absolute atomic E-state index is 0.182. The van der Waals surface area contributed by atoms with Crippen LogP contribution in [0.1, 0.15) is 39.2 Å². The van der Waals surface area contributed by atoms with E-state index in [4.69, 9.17) is 5.14 Å². The van der Waals surface area contributed by atoms with Crippen molar-refractivity contribution in [3.8, 4) is 0 Å². The molecule has 2 N–H and O–H groups in total. The first kappa shape index (κ1) is 15.2. The molecule has 4 heteroatoms. The largest absolute Gasteiger partial charge is 0.238 e. The van der Waals surface area contributed by atoms with Gasteiger partial charge in [-0.25, -0.2) is 13.6 Å². The van der Waals surface area contributed by atoms with Gasteiger partial charge < -0.3 is 0 Å². The maximum absolute atomic E-state index is 11.1. The molecule has 0 aliphatic rings. The Bertz CT molecular complexity index is 465. The second-order valence-electron chi connectivity index (χ2n) is 5.09. The van der Waals surface area contributed by atoms with Crippen LogP contribution >= 0.6 is 0 Å². The molecule has 2 atom stereocenters. The average molecular weight is 269 g/mol. The number of hydrogen-bond acceptors (Lipinski definition) is 2. The second-order valence-corrected chi connectivity index (χ2v) is 6.65. The highest BCUT2D eigenvalue weighted by atomic mass is 32.2. The van der Waals surface area contributed by atoms with Gasteiger partial charge in [0.1, 0.15) is 0 Å². The van der Waals surface area contributed by atoms with Gasteiger partial charge in [-0.15, -0.1) is 0 Å². The molecule has 0 saturated carbocycles. The highest BCUT2D eigenvalue weighted by Gasteiger charge is 2.11. The minimum atomic E-state index is -3.57. The molecular weight excluding hydrogens is 246 g/mol. The van der Waals surface area contributed by atoms with E-state index >= 15 is 0 Å². The summed E-state index contributed by atoms with van der Waals surface area (Å²) in [4.78, 5) is 0.182. The van der Waals surface area contributed by atoms with Gasteiger partial charge >= 0.3 is 0 Å². The fourth-order valence-corrected chi connectivity index (χ4v) is 2.44. The maximum Gasteiger partial charge on any atom is 0.238 e. The molecule has 1 aromatic carbocycles. The molecule has 0 aliphatic heterocycles. The van der Waals surface area contributed by atoms with Gasteiger partial charge in [-0.05, 0) is 42.4 Å². The van der Waals surface area contributed by atoms with Crippen LogP contribution in [0, 0.1) is 11.8 Å². The van der Waals surface area contributed by atoms with Gasteiger partial charge in [0, 0.05) is 0 Å². The van der Waals surface area contributed by atoms with E-state index in [-0.39, 0.29) is 4.90 Å². The molecule has 2 unspecified atom stereocenters. The van der Waals surface area contributed by atoms with E-state index in [1.54, 1.807) is 12.1 Å². The van der Waals surface area contributed by atoms with E-state index in [1.807, 2.05) is 12.1 Å². The van der Waals surface area contributed by atoms with Gasteiger partial charge in [-0.1, -0.05) is 39.3 Å². The lowest BCUT2D eigenvalue weighted by molar-refractivity contribution is 0.355. The fourth-order valence-electron chi connectivity index (χ4n) is 1.93. The zero-order valence-electron chi connectivity index (χ0n) is 11.4. The van der Waals surface area contributed by atoms with Crippen molar-refractivity contribution >= 4 is 10.0 Å². The van der Waals surface area contributed by atoms with Crippen molar-refractivity contribution in [2.45, 2.75) is 44.9 Å². The van der Waals surface area contributed by atoms with E-state index in [2.05, 4.69) is 20.8 Å². The number of primary sulfonamides is 1. The number of nitrogens with two attached hydrogens (primary N) is 1. The standard InChI is InChI=1S/C14H23NO2S/c1-4-11(2)12(3)5-6-13-7-9-14(10-8-13)18(15,16)17/h7-12H,4-6H2,1-3H3,(H2,15,16,17). The van der Waals surface area contributed by atoms with Crippen LogP contribution in [-0.2, 0) is 16.4 Å². The Morgan fingerprint density at radius 1 is 1.11 bits per heavy atom. The molecule has 3 nitrogen and oxygen atoms in total. The second kappa shape index (κ2) is 6.34. The van der Waals surface area contributed by atoms with E-state index in [0.29, 0.717) is 5.92 Å². The molecule has 0 spiro atoms. The lowest BCUT2D eigenvalue weighted by atomic mass is 9.88. The summed E-state index contributed by atoms with van der Waals surface area (Å²) in [5.41, 5.74) is 1.16. The highest BCUT2D eigenvalue weighted by molar-refractivity contribution is 7.89. The average Bonchev–Trinajstić information content (AvgIpc) is 2.34. The molecule has 102 valence electrons. The lowest BCUT2D eigenvalue weighted by Gasteiger charge is -2.17. The highest BCUT2D eigenvalue weighted by Crippen LogP contribution is 2.20. The summed E-state index contributed by atoms with van der Waals surface area (Å²) >= 11 is 0. The third-order valence-corrected chi connectivity index (χ3v) is 4.68. The molecule has 0 radical (unpaired) electrons. The molecule has 0 saturated heterocycles. The molecule has 1 aromatic rings. The van der Waals surface area contributed by atoms with Gasteiger partial charge in [0.05, 0.1) is 4.90 Å². The van der Waals surface area contributed by atoms with Gasteiger partial charge in [-0.2, -0.15) is 0 Å². The quantitative estimate of drug-likeness (QED) is 0.863.